The summed E-state index contributed by atoms with van der Waals surface area (Å²) >= 11 is 3.13. The summed E-state index contributed by atoms with van der Waals surface area (Å²) < 4.78 is 14.9. The van der Waals surface area contributed by atoms with Gasteiger partial charge in [-0.3, -0.25) is 4.79 Å². The summed E-state index contributed by atoms with van der Waals surface area (Å²) in [5, 5.41) is 14.1. The highest BCUT2D eigenvalue weighted by atomic mass is 32.2. The van der Waals surface area contributed by atoms with E-state index in [2.05, 4.69) is 15.5 Å². The first-order chi connectivity index (χ1) is 12.2. The molecule has 5 nitrogen and oxygen atoms in total. The van der Waals surface area contributed by atoms with Gasteiger partial charge in [-0.25, -0.2) is 4.39 Å². The minimum Gasteiger partial charge on any atom is -0.326 e. The molecule has 1 aromatic carbocycles. The Labute approximate surface area is 153 Å². The van der Waals surface area contributed by atoms with E-state index in [0.29, 0.717) is 17.9 Å². The molecule has 2 aromatic heterocycles. The number of thiophene rings is 1. The van der Waals surface area contributed by atoms with Crippen molar-refractivity contribution < 1.29 is 9.18 Å². The van der Waals surface area contributed by atoms with Crippen molar-refractivity contribution in [1.29, 1.82) is 0 Å². The standard InChI is InChI=1S/C17H17FN4OS2/c1-2-22-16(14-4-3-10-24-14)20-21-17(22)25-11-9-15(23)19-13-7-5-12(18)6-8-13/h3-8,10H,2,9,11H2,1H3,(H,19,23). The van der Waals surface area contributed by atoms with Gasteiger partial charge >= 0.3 is 0 Å². The molecule has 8 heteroatoms. The van der Waals surface area contributed by atoms with E-state index in [4.69, 9.17) is 0 Å². The number of carbonyl (C=O) groups excluding carboxylic acids is 1. The zero-order valence-corrected chi connectivity index (χ0v) is 15.2. The van der Waals surface area contributed by atoms with E-state index in [1.807, 2.05) is 29.0 Å². The van der Waals surface area contributed by atoms with E-state index in [9.17, 15) is 9.18 Å². The Bertz CT molecular complexity index is 831. The van der Waals surface area contributed by atoms with Gasteiger partial charge in [0.2, 0.25) is 5.91 Å². The maximum Gasteiger partial charge on any atom is 0.225 e. The molecule has 0 atom stereocenters. The van der Waals surface area contributed by atoms with Crippen LogP contribution in [-0.4, -0.2) is 26.4 Å². The van der Waals surface area contributed by atoms with Gasteiger partial charge in [0.15, 0.2) is 11.0 Å². The lowest BCUT2D eigenvalue weighted by Gasteiger charge is -2.07. The normalized spacial score (nSPS) is 10.8. The second-order valence-electron chi connectivity index (χ2n) is 5.18. The molecule has 0 aliphatic heterocycles. The van der Waals surface area contributed by atoms with Crippen LogP contribution in [0.2, 0.25) is 0 Å². The summed E-state index contributed by atoms with van der Waals surface area (Å²) in [5.41, 5.74) is 0.591. The van der Waals surface area contributed by atoms with Crippen molar-refractivity contribution >= 4 is 34.7 Å². The summed E-state index contributed by atoms with van der Waals surface area (Å²) in [5.74, 6) is 1.01. The quantitative estimate of drug-likeness (QED) is 0.625. The van der Waals surface area contributed by atoms with E-state index < -0.39 is 0 Å². The molecule has 0 saturated carbocycles. The molecular formula is C17H17FN4OS2. The molecule has 0 spiro atoms. The van der Waals surface area contributed by atoms with Gasteiger partial charge in [-0.2, -0.15) is 0 Å². The lowest BCUT2D eigenvalue weighted by atomic mass is 10.3. The summed E-state index contributed by atoms with van der Waals surface area (Å²) in [6, 6.07) is 9.73. The molecule has 0 saturated heterocycles. The van der Waals surface area contributed by atoms with Crippen molar-refractivity contribution in [2.45, 2.75) is 25.0 Å². The molecule has 1 N–H and O–H groups in total. The first-order valence-electron chi connectivity index (χ1n) is 7.82. The van der Waals surface area contributed by atoms with Gasteiger partial charge in [0, 0.05) is 24.4 Å². The van der Waals surface area contributed by atoms with Crippen LogP contribution in [0.4, 0.5) is 10.1 Å². The number of nitrogens with one attached hydrogen (secondary N) is 1. The molecule has 0 aliphatic carbocycles. The Hall–Kier alpha value is -2.19. The fourth-order valence-corrected chi connectivity index (χ4v) is 3.92. The van der Waals surface area contributed by atoms with Crippen molar-refractivity contribution in [2.24, 2.45) is 0 Å². The summed E-state index contributed by atoms with van der Waals surface area (Å²) in [4.78, 5) is 13.1. The molecule has 3 aromatic rings. The lowest BCUT2D eigenvalue weighted by molar-refractivity contribution is -0.115. The van der Waals surface area contributed by atoms with Crippen LogP contribution < -0.4 is 5.32 Å². The molecule has 1 amide bonds. The zero-order valence-electron chi connectivity index (χ0n) is 13.6. The monoisotopic (exact) mass is 376 g/mol. The van der Waals surface area contributed by atoms with Crippen molar-refractivity contribution in [3.63, 3.8) is 0 Å². The number of carbonyl (C=O) groups is 1. The first-order valence-corrected chi connectivity index (χ1v) is 9.69. The highest BCUT2D eigenvalue weighted by molar-refractivity contribution is 7.99. The maximum atomic E-state index is 12.9. The number of amides is 1. The number of aromatic nitrogens is 3. The molecule has 0 radical (unpaired) electrons. The second-order valence-corrected chi connectivity index (χ2v) is 7.19. The van der Waals surface area contributed by atoms with Gasteiger partial charge in [0.25, 0.3) is 0 Å². The molecule has 0 aliphatic rings. The van der Waals surface area contributed by atoms with Crippen LogP contribution in [0.1, 0.15) is 13.3 Å². The Morgan fingerprint density at radius 2 is 2.08 bits per heavy atom. The third-order valence-corrected chi connectivity index (χ3v) is 5.30. The van der Waals surface area contributed by atoms with Gasteiger partial charge < -0.3 is 9.88 Å². The first kappa shape index (κ1) is 17.6. The van der Waals surface area contributed by atoms with Gasteiger partial charge in [-0.1, -0.05) is 17.8 Å². The predicted octanol–water partition coefficient (Wildman–Crippen LogP) is 4.29. The number of thioether (sulfide) groups is 1. The average molecular weight is 376 g/mol. The molecule has 3 rings (SSSR count). The third kappa shape index (κ3) is 4.46. The minimum absolute atomic E-state index is 0.111. The Balaban J connectivity index is 1.55. The van der Waals surface area contributed by atoms with E-state index in [-0.39, 0.29) is 11.7 Å². The summed E-state index contributed by atoms with van der Waals surface area (Å²) in [7, 11) is 0. The van der Waals surface area contributed by atoms with Crippen LogP contribution in [0.15, 0.2) is 46.9 Å². The van der Waals surface area contributed by atoms with Crippen molar-refractivity contribution in [3.8, 4) is 10.7 Å². The molecule has 2 heterocycles. The van der Waals surface area contributed by atoms with E-state index in [1.54, 1.807) is 23.5 Å². The van der Waals surface area contributed by atoms with Gasteiger partial charge in [-0.05, 0) is 42.6 Å². The molecule has 0 unspecified atom stereocenters. The molecule has 0 fully saturated rings. The number of benzene rings is 1. The van der Waals surface area contributed by atoms with E-state index in [0.717, 1.165) is 22.4 Å². The number of halogens is 1. The van der Waals surface area contributed by atoms with E-state index in [1.165, 1.54) is 23.9 Å². The number of anilines is 1. The topological polar surface area (TPSA) is 59.8 Å². The largest absolute Gasteiger partial charge is 0.326 e. The van der Waals surface area contributed by atoms with Crippen LogP contribution in [0.25, 0.3) is 10.7 Å². The Kier molecular flexibility index (Phi) is 5.83. The second kappa shape index (κ2) is 8.26. The predicted molar refractivity (Wildman–Crippen MR) is 99.4 cm³/mol. The van der Waals surface area contributed by atoms with Crippen LogP contribution >= 0.6 is 23.1 Å². The Morgan fingerprint density at radius 1 is 1.28 bits per heavy atom. The van der Waals surface area contributed by atoms with Crippen LogP contribution in [0, 0.1) is 5.82 Å². The highest BCUT2D eigenvalue weighted by Gasteiger charge is 2.14. The van der Waals surface area contributed by atoms with Crippen molar-refractivity contribution in [3.05, 3.63) is 47.6 Å². The number of rotatable bonds is 7. The molecule has 0 bridgehead atoms. The number of hydrogen-bond donors (Lipinski definition) is 1. The molecule has 130 valence electrons. The number of nitrogens with zero attached hydrogens (tertiary/aromatic N) is 3. The van der Waals surface area contributed by atoms with Crippen molar-refractivity contribution in [2.75, 3.05) is 11.1 Å². The number of hydrogen-bond acceptors (Lipinski definition) is 5. The molecule has 25 heavy (non-hydrogen) atoms. The van der Waals surface area contributed by atoms with Gasteiger partial charge in [0.05, 0.1) is 4.88 Å². The third-order valence-electron chi connectivity index (χ3n) is 3.46. The zero-order chi connectivity index (χ0) is 17.6. The summed E-state index contributed by atoms with van der Waals surface area (Å²) in [6.45, 7) is 2.82. The Morgan fingerprint density at radius 3 is 2.76 bits per heavy atom. The average Bonchev–Trinajstić information content (AvgIpc) is 3.26. The summed E-state index contributed by atoms with van der Waals surface area (Å²) in [6.07, 6.45) is 0.340. The lowest BCUT2D eigenvalue weighted by Crippen LogP contribution is -2.12. The van der Waals surface area contributed by atoms with Gasteiger partial charge in [0.1, 0.15) is 5.82 Å². The fraction of sp³-hybridized carbons (Fsp3) is 0.235. The molecular weight excluding hydrogens is 359 g/mol. The van der Waals surface area contributed by atoms with Crippen LogP contribution in [0.3, 0.4) is 0 Å². The van der Waals surface area contributed by atoms with E-state index >= 15 is 0 Å². The smallest absolute Gasteiger partial charge is 0.225 e. The van der Waals surface area contributed by atoms with Crippen LogP contribution in [0.5, 0.6) is 0 Å². The fourth-order valence-electron chi connectivity index (χ4n) is 2.26. The SMILES string of the molecule is CCn1c(SCCC(=O)Nc2ccc(F)cc2)nnc1-c1cccs1. The van der Waals surface area contributed by atoms with Gasteiger partial charge in [-0.15, -0.1) is 21.5 Å². The minimum atomic E-state index is -0.325. The van der Waals surface area contributed by atoms with Crippen molar-refractivity contribution in [1.82, 2.24) is 14.8 Å². The van der Waals surface area contributed by atoms with Crippen LogP contribution in [-0.2, 0) is 11.3 Å². The highest BCUT2D eigenvalue weighted by Crippen LogP contribution is 2.27. The maximum absolute atomic E-state index is 12.9.